The Hall–Kier alpha value is -2.36. The first-order valence-corrected chi connectivity index (χ1v) is 6.02. The molecule has 0 fully saturated rings. The Morgan fingerprint density at radius 3 is 2.58 bits per heavy atom. The number of rotatable bonds is 4. The minimum atomic E-state index is 0.0244. The van der Waals surface area contributed by atoms with Crippen molar-refractivity contribution < 1.29 is 14.9 Å². The SMILES string of the molecule is COc1cc(C(C)Nc2cccc(O)c2)ccc1O. The topological polar surface area (TPSA) is 61.7 Å². The highest BCUT2D eigenvalue weighted by Gasteiger charge is 2.09. The van der Waals surface area contributed by atoms with Gasteiger partial charge in [-0.15, -0.1) is 0 Å². The molecule has 4 heteroatoms. The Morgan fingerprint density at radius 1 is 1.11 bits per heavy atom. The molecule has 0 bridgehead atoms. The zero-order valence-corrected chi connectivity index (χ0v) is 10.9. The van der Waals surface area contributed by atoms with Crippen LogP contribution in [0.1, 0.15) is 18.5 Å². The normalized spacial score (nSPS) is 11.9. The molecule has 3 N–H and O–H groups in total. The van der Waals surface area contributed by atoms with Crippen LogP contribution in [0.25, 0.3) is 0 Å². The van der Waals surface area contributed by atoms with Gasteiger partial charge in [0.05, 0.1) is 7.11 Å². The molecule has 0 saturated heterocycles. The van der Waals surface area contributed by atoms with Crippen molar-refractivity contribution in [2.75, 3.05) is 12.4 Å². The van der Waals surface area contributed by atoms with Crippen molar-refractivity contribution >= 4 is 5.69 Å². The summed E-state index contributed by atoms with van der Waals surface area (Å²) in [6.07, 6.45) is 0. The number of methoxy groups -OCH3 is 1. The number of phenols is 2. The van der Waals surface area contributed by atoms with Gasteiger partial charge >= 0.3 is 0 Å². The molecule has 2 aromatic rings. The van der Waals surface area contributed by atoms with Gasteiger partial charge < -0.3 is 20.3 Å². The van der Waals surface area contributed by atoms with Gasteiger partial charge in [0.15, 0.2) is 11.5 Å². The van der Waals surface area contributed by atoms with Crippen molar-refractivity contribution in [1.29, 1.82) is 0 Å². The predicted octanol–water partition coefficient (Wildman–Crippen LogP) is 3.28. The zero-order chi connectivity index (χ0) is 13.8. The fourth-order valence-electron chi connectivity index (χ4n) is 1.89. The fraction of sp³-hybridized carbons (Fsp3) is 0.200. The Kier molecular flexibility index (Phi) is 3.80. The van der Waals surface area contributed by atoms with Crippen molar-refractivity contribution in [1.82, 2.24) is 0 Å². The monoisotopic (exact) mass is 259 g/mol. The molecule has 0 saturated carbocycles. The Morgan fingerprint density at radius 2 is 1.89 bits per heavy atom. The number of hydrogen-bond donors (Lipinski definition) is 3. The average Bonchev–Trinajstić information content (AvgIpc) is 2.39. The summed E-state index contributed by atoms with van der Waals surface area (Å²) in [5, 5.41) is 22.3. The molecular formula is C15H17NO3. The van der Waals surface area contributed by atoms with E-state index in [1.165, 1.54) is 7.11 Å². The van der Waals surface area contributed by atoms with Crippen molar-refractivity contribution in [3.63, 3.8) is 0 Å². The molecule has 100 valence electrons. The second kappa shape index (κ2) is 5.52. The number of aromatic hydroxyl groups is 2. The summed E-state index contributed by atoms with van der Waals surface area (Å²) in [5.41, 5.74) is 1.82. The van der Waals surface area contributed by atoms with Crippen LogP contribution in [-0.4, -0.2) is 17.3 Å². The molecule has 0 spiro atoms. The van der Waals surface area contributed by atoms with Gasteiger partial charge in [-0.2, -0.15) is 0 Å². The largest absolute Gasteiger partial charge is 0.508 e. The van der Waals surface area contributed by atoms with E-state index in [0.717, 1.165) is 11.3 Å². The molecule has 0 radical (unpaired) electrons. The zero-order valence-electron chi connectivity index (χ0n) is 10.9. The van der Waals surface area contributed by atoms with Crippen molar-refractivity contribution in [2.45, 2.75) is 13.0 Å². The minimum Gasteiger partial charge on any atom is -0.508 e. The van der Waals surface area contributed by atoms with E-state index in [2.05, 4.69) is 5.32 Å². The van der Waals surface area contributed by atoms with Crippen molar-refractivity contribution in [3.05, 3.63) is 48.0 Å². The summed E-state index contributed by atoms with van der Waals surface area (Å²) in [6.45, 7) is 2.00. The third kappa shape index (κ3) is 3.10. The molecule has 0 amide bonds. The van der Waals surface area contributed by atoms with Crippen LogP contribution in [0, 0.1) is 0 Å². The second-order valence-corrected chi connectivity index (χ2v) is 4.35. The molecule has 19 heavy (non-hydrogen) atoms. The van der Waals surface area contributed by atoms with Gasteiger partial charge in [0.25, 0.3) is 0 Å². The molecule has 2 aromatic carbocycles. The van der Waals surface area contributed by atoms with Gasteiger partial charge in [-0.05, 0) is 36.8 Å². The number of phenolic OH excluding ortho intramolecular Hbond substituents is 2. The molecule has 0 aliphatic heterocycles. The molecule has 0 aliphatic carbocycles. The number of ether oxygens (including phenoxy) is 1. The number of benzene rings is 2. The Bertz CT molecular complexity index is 569. The maximum Gasteiger partial charge on any atom is 0.160 e. The first-order valence-electron chi connectivity index (χ1n) is 6.02. The van der Waals surface area contributed by atoms with Crippen LogP contribution in [0.15, 0.2) is 42.5 Å². The highest BCUT2D eigenvalue weighted by Crippen LogP contribution is 2.30. The summed E-state index contributed by atoms with van der Waals surface area (Å²) in [5.74, 6) is 0.790. The lowest BCUT2D eigenvalue weighted by atomic mass is 10.1. The highest BCUT2D eigenvalue weighted by atomic mass is 16.5. The summed E-state index contributed by atoms with van der Waals surface area (Å²) in [6, 6.07) is 12.2. The third-order valence-electron chi connectivity index (χ3n) is 2.93. The first-order chi connectivity index (χ1) is 9.10. The molecule has 0 heterocycles. The van der Waals surface area contributed by atoms with E-state index >= 15 is 0 Å². The van der Waals surface area contributed by atoms with E-state index in [9.17, 15) is 10.2 Å². The quantitative estimate of drug-likeness (QED) is 0.788. The van der Waals surface area contributed by atoms with Crippen LogP contribution < -0.4 is 10.1 Å². The molecule has 4 nitrogen and oxygen atoms in total. The van der Waals surface area contributed by atoms with Gasteiger partial charge in [0.1, 0.15) is 5.75 Å². The minimum absolute atomic E-state index is 0.0244. The van der Waals surface area contributed by atoms with Crippen LogP contribution in [-0.2, 0) is 0 Å². The van der Waals surface area contributed by atoms with Crippen LogP contribution >= 0.6 is 0 Å². The van der Waals surface area contributed by atoms with Gasteiger partial charge in [-0.1, -0.05) is 12.1 Å². The van der Waals surface area contributed by atoms with Gasteiger partial charge in [0, 0.05) is 17.8 Å². The lowest BCUT2D eigenvalue weighted by Crippen LogP contribution is -2.06. The van der Waals surface area contributed by atoms with E-state index < -0.39 is 0 Å². The van der Waals surface area contributed by atoms with Crippen LogP contribution in [0.5, 0.6) is 17.2 Å². The molecule has 0 aliphatic rings. The summed E-state index contributed by atoms with van der Waals surface area (Å²) in [7, 11) is 1.52. The van der Waals surface area contributed by atoms with Crippen molar-refractivity contribution in [3.8, 4) is 17.2 Å². The third-order valence-corrected chi connectivity index (χ3v) is 2.93. The summed E-state index contributed by atoms with van der Waals surface area (Å²) in [4.78, 5) is 0. The van der Waals surface area contributed by atoms with Gasteiger partial charge in [-0.25, -0.2) is 0 Å². The number of hydrogen-bond acceptors (Lipinski definition) is 4. The molecule has 0 aromatic heterocycles. The molecule has 1 unspecified atom stereocenters. The van der Waals surface area contributed by atoms with Crippen molar-refractivity contribution in [2.24, 2.45) is 0 Å². The van der Waals surface area contributed by atoms with Crippen LogP contribution in [0.2, 0.25) is 0 Å². The van der Waals surface area contributed by atoms with E-state index in [1.807, 2.05) is 19.1 Å². The summed E-state index contributed by atoms with van der Waals surface area (Å²) >= 11 is 0. The van der Waals surface area contributed by atoms with Crippen LogP contribution in [0.4, 0.5) is 5.69 Å². The molecule has 2 rings (SSSR count). The summed E-state index contributed by atoms with van der Waals surface area (Å²) < 4.78 is 5.09. The predicted molar refractivity (Wildman–Crippen MR) is 74.8 cm³/mol. The van der Waals surface area contributed by atoms with Gasteiger partial charge in [0.2, 0.25) is 0 Å². The van der Waals surface area contributed by atoms with E-state index in [0.29, 0.717) is 5.75 Å². The standard InChI is InChI=1S/C15H17NO3/c1-10(16-12-4-3-5-13(17)9-12)11-6-7-14(18)15(8-11)19-2/h3-10,16-18H,1-2H3. The first kappa shape index (κ1) is 13.1. The van der Waals surface area contributed by atoms with Gasteiger partial charge in [-0.3, -0.25) is 0 Å². The lowest BCUT2D eigenvalue weighted by Gasteiger charge is -2.17. The maximum absolute atomic E-state index is 9.56. The Balaban J connectivity index is 2.18. The average molecular weight is 259 g/mol. The smallest absolute Gasteiger partial charge is 0.160 e. The van der Waals surface area contributed by atoms with E-state index in [1.54, 1.807) is 30.3 Å². The highest BCUT2D eigenvalue weighted by molar-refractivity contribution is 5.50. The van der Waals surface area contributed by atoms with E-state index in [-0.39, 0.29) is 17.5 Å². The molecular weight excluding hydrogens is 242 g/mol. The Labute approximate surface area is 112 Å². The maximum atomic E-state index is 9.56. The fourth-order valence-corrected chi connectivity index (χ4v) is 1.89. The lowest BCUT2D eigenvalue weighted by molar-refractivity contribution is 0.373. The molecule has 1 atom stereocenters. The number of nitrogens with one attached hydrogen (secondary N) is 1. The number of anilines is 1. The van der Waals surface area contributed by atoms with Crippen LogP contribution in [0.3, 0.4) is 0 Å². The van der Waals surface area contributed by atoms with E-state index in [4.69, 9.17) is 4.74 Å². The second-order valence-electron chi connectivity index (χ2n) is 4.35.